The second-order valence-corrected chi connectivity index (χ2v) is 5.44. The van der Waals surface area contributed by atoms with E-state index in [4.69, 9.17) is 23.2 Å². The molecule has 1 aromatic heterocycles. The molecule has 0 bridgehead atoms. The second-order valence-electron chi connectivity index (χ2n) is 4.59. The fourth-order valence-corrected chi connectivity index (χ4v) is 2.41. The lowest BCUT2D eigenvalue weighted by Gasteiger charge is -2.07. The van der Waals surface area contributed by atoms with E-state index in [-0.39, 0.29) is 5.91 Å². The zero-order chi connectivity index (χ0) is 14.7. The highest BCUT2D eigenvalue weighted by Gasteiger charge is 2.11. The number of aromatic amines is 1. The highest BCUT2D eigenvalue weighted by molar-refractivity contribution is 6.35. The SMILES string of the molecule is Cc1n[nH]c(C)c1NC(=O)CCc1ccc(Cl)cc1Cl. The van der Waals surface area contributed by atoms with Crippen LogP contribution in [0.15, 0.2) is 18.2 Å². The minimum atomic E-state index is -0.0661. The number of nitrogens with zero attached hydrogens (tertiary/aromatic N) is 1. The van der Waals surface area contributed by atoms with E-state index >= 15 is 0 Å². The molecule has 0 spiro atoms. The molecular weight excluding hydrogens is 297 g/mol. The first-order chi connectivity index (χ1) is 9.47. The first kappa shape index (κ1) is 14.9. The maximum Gasteiger partial charge on any atom is 0.224 e. The number of hydrogen-bond donors (Lipinski definition) is 2. The third kappa shape index (κ3) is 3.52. The molecule has 0 atom stereocenters. The number of rotatable bonds is 4. The Kier molecular flexibility index (Phi) is 4.68. The van der Waals surface area contributed by atoms with Crippen molar-refractivity contribution in [1.82, 2.24) is 10.2 Å². The number of carbonyl (C=O) groups excluding carboxylic acids is 1. The molecule has 1 aromatic carbocycles. The molecule has 2 rings (SSSR count). The minimum absolute atomic E-state index is 0.0661. The van der Waals surface area contributed by atoms with Gasteiger partial charge in [0.25, 0.3) is 0 Å². The number of H-pyrrole nitrogens is 1. The van der Waals surface area contributed by atoms with Gasteiger partial charge in [0.1, 0.15) is 0 Å². The molecule has 0 saturated heterocycles. The Bertz CT molecular complexity index is 618. The first-order valence-corrected chi connectivity index (χ1v) is 6.98. The van der Waals surface area contributed by atoms with Crippen molar-refractivity contribution in [3.63, 3.8) is 0 Å². The molecule has 20 heavy (non-hydrogen) atoms. The van der Waals surface area contributed by atoms with Crippen LogP contribution in [0, 0.1) is 13.8 Å². The smallest absolute Gasteiger partial charge is 0.224 e. The van der Waals surface area contributed by atoms with Crippen LogP contribution in [0.2, 0.25) is 10.0 Å². The van der Waals surface area contributed by atoms with Crippen LogP contribution in [0.5, 0.6) is 0 Å². The van der Waals surface area contributed by atoms with Gasteiger partial charge >= 0.3 is 0 Å². The largest absolute Gasteiger partial charge is 0.323 e. The van der Waals surface area contributed by atoms with Crippen LogP contribution >= 0.6 is 23.2 Å². The summed E-state index contributed by atoms with van der Waals surface area (Å²) in [5.41, 5.74) is 3.28. The van der Waals surface area contributed by atoms with Gasteiger partial charge in [-0.25, -0.2) is 0 Å². The molecule has 0 aliphatic carbocycles. The minimum Gasteiger partial charge on any atom is -0.323 e. The summed E-state index contributed by atoms with van der Waals surface area (Å²) in [6.45, 7) is 3.71. The molecule has 0 fully saturated rings. The number of benzene rings is 1. The zero-order valence-corrected chi connectivity index (χ0v) is 12.8. The average Bonchev–Trinajstić information content (AvgIpc) is 2.69. The lowest BCUT2D eigenvalue weighted by Crippen LogP contribution is -2.13. The average molecular weight is 312 g/mol. The third-order valence-electron chi connectivity index (χ3n) is 3.03. The van der Waals surface area contributed by atoms with Gasteiger partial charge in [0.05, 0.1) is 17.1 Å². The van der Waals surface area contributed by atoms with Gasteiger partial charge in [0.2, 0.25) is 5.91 Å². The Labute approximate surface area is 127 Å². The molecule has 0 radical (unpaired) electrons. The number of aryl methyl sites for hydroxylation is 3. The molecular formula is C14H15Cl2N3O. The highest BCUT2D eigenvalue weighted by Crippen LogP contribution is 2.22. The molecule has 2 N–H and O–H groups in total. The van der Waals surface area contributed by atoms with Crippen molar-refractivity contribution in [2.45, 2.75) is 26.7 Å². The van der Waals surface area contributed by atoms with Gasteiger partial charge in [-0.2, -0.15) is 5.10 Å². The van der Waals surface area contributed by atoms with Gasteiger partial charge in [-0.05, 0) is 38.0 Å². The Balaban J connectivity index is 1.96. The van der Waals surface area contributed by atoms with Crippen molar-refractivity contribution in [3.8, 4) is 0 Å². The van der Waals surface area contributed by atoms with Crippen molar-refractivity contribution in [1.29, 1.82) is 0 Å². The van der Waals surface area contributed by atoms with Gasteiger partial charge in [0, 0.05) is 16.5 Å². The van der Waals surface area contributed by atoms with Crippen LogP contribution in [-0.4, -0.2) is 16.1 Å². The number of amides is 1. The van der Waals surface area contributed by atoms with Gasteiger partial charge < -0.3 is 5.32 Å². The lowest BCUT2D eigenvalue weighted by molar-refractivity contribution is -0.116. The Morgan fingerprint density at radius 2 is 2.10 bits per heavy atom. The summed E-state index contributed by atoms with van der Waals surface area (Å²) in [5.74, 6) is -0.0661. The molecule has 0 unspecified atom stereocenters. The molecule has 0 aliphatic heterocycles. The van der Waals surface area contributed by atoms with Crippen molar-refractivity contribution in [3.05, 3.63) is 45.2 Å². The predicted octanol–water partition coefficient (Wildman–Crippen LogP) is 3.90. The molecule has 0 aliphatic rings. The van der Waals surface area contributed by atoms with Crippen LogP contribution < -0.4 is 5.32 Å². The van der Waals surface area contributed by atoms with Gasteiger partial charge in [-0.1, -0.05) is 29.3 Å². The third-order valence-corrected chi connectivity index (χ3v) is 3.62. The van der Waals surface area contributed by atoms with Gasteiger partial charge in [-0.3, -0.25) is 9.89 Å². The van der Waals surface area contributed by atoms with Crippen molar-refractivity contribution in [2.75, 3.05) is 5.32 Å². The van der Waals surface area contributed by atoms with E-state index in [0.29, 0.717) is 22.9 Å². The van der Waals surface area contributed by atoms with Crippen LogP contribution in [0.25, 0.3) is 0 Å². The van der Waals surface area contributed by atoms with E-state index in [1.54, 1.807) is 12.1 Å². The fourth-order valence-electron chi connectivity index (χ4n) is 1.91. The summed E-state index contributed by atoms with van der Waals surface area (Å²) in [5, 5.41) is 10.9. The van der Waals surface area contributed by atoms with E-state index in [1.165, 1.54) is 0 Å². The second kappa shape index (κ2) is 6.29. The van der Waals surface area contributed by atoms with Crippen molar-refractivity contribution >= 4 is 34.8 Å². The molecule has 106 valence electrons. The number of halogens is 2. The van der Waals surface area contributed by atoms with Crippen LogP contribution in [0.1, 0.15) is 23.4 Å². The quantitative estimate of drug-likeness (QED) is 0.899. The van der Waals surface area contributed by atoms with Crippen molar-refractivity contribution < 1.29 is 4.79 Å². The van der Waals surface area contributed by atoms with E-state index in [2.05, 4.69) is 15.5 Å². The van der Waals surface area contributed by atoms with Gasteiger partial charge in [0.15, 0.2) is 0 Å². The topological polar surface area (TPSA) is 57.8 Å². The monoisotopic (exact) mass is 311 g/mol. The highest BCUT2D eigenvalue weighted by atomic mass is 35.5. The van der Waals surface area contributed by atoms with Crippen LogP contribution in [0.3, 0.4) is 0 Å². The Hall–Kier alpha value is -1.52. The Morgan fingerprint density at radius 1 is 1.35 bits per heavy atom. The first-order valence-electron chi connectivity index (χ1n) is 6.22. The number of nitrogens with one attached hydrogen (secondary N) is 2. The van der Waals surface area contributed by atoms with E-state index in [9.17, 15) is 4.79 Å². The number of hydrogen-bond acceptors (Lipinski definition) is 2. The summed E-state index contributed by atoms with van der Waals surface area (Å²) in [6.07, 6.45) is 0.920. The van der Waals surface area contributed by atoms with E-state index in [1.807, 2.05) is 19.9 Å². The van der Waals surface area contributed by atoms with E-state index in [0.717, 1.165) is 22.6 Å². The molecule has 1 heterocycles. The zero-order valence-electron chi connectivity index (χ0n) is 11.3. The normalized spacial score (nSPS) is 10.6. The predicted molar refractivity (Wildman–Crippen MR) is 81.5 cm³/mol. The standard InChI is InChI=1S/C14H15Cl2N3O/c1-8-14(9(2)19-18-8)17-13(20)6-4-10-3-5-11(15)7-12(10)16/h3,5,7H,4,6H2,1-2H3,(H,17,20)(H,18,19). The Morgan fingerprint density at radius 3 is 2.70 bits per heavy atom. The number of carbonyl (C=O) groups is 1. The summed E-state index contributed by atoms with van der Waals surface area (Å²) in [7, 11) is 0. The summed E-state index contributed by atoms with van der Waals surface area (Å²) in [4.78, 5) is 11.9. The summed E-state index contributed by atoms with van der Waals surface area (Å²) >= 11 is 11.9. The van der Waals surface area contributed by atoms with E-state index < -0.39 is 0 Å². The maximum atomic E-state index is 11.9. The summed E-state index contributed by atoms with van der Waals surface area (Å²) < 4.78 is 0. The van der Waals surface area contributed by atoms with Crippen LogP contribution in [0.4, 0.5) is 5.69 Å². The van der Waals surface area contributed by atoms with Gasteiger partial charge in [-0.15, -0.1) is 0 Å². The number of aromatic nitrogens is 2. The number of anilines is 1. The maximum absolute atomic E-state index is 11.9. The molecule has 1 amide bonds. The molecule has 2 aromatic rings. The molecule has 0 saturated carbocycles. The fraction of sp³-hybridized carbons (Fsp3) is 0.286. The van der Waals surface area contributed by atoms with Crippen LogP contribution in [-0.2, 0) is 11.2 Å². The lowest BCUT2D eigenvalue weighted by atomic mass is 10.1. The van der Waals surface area contributed by atoms with Crippen molar-refractivity contribution in [2.24, 2.45) is 0 Å². The molecule has 6 heteroatoms. The molecule has 4 nitrogen and oxygen atoms in total. The summed E-state index contributed by atoms with van der Waals surface area (Å²) in [6, 6.07) is 5.29.